The van der Waals surface area contributed by atoms with Crippen molar-refractivity contribution in [2.75, 3.05) is 0 Å². The summed E-state index contributed by atoms with van der Waals surface area (Å²) < 4.78 is 0. The van der Waals surface area contributed by atoms with Gasteiger partial charge < -0.3 is 5.73 Å². The Morgan fingerprint density at radius 1 is 0.750 bits per heavy atom. The highest BCUT2D eigenvalue weighted by molar-refractivity contribution is 5.86. The van der Waals surface area contributed by atoms with E-state index in [9.17, 15) is 4.79 Å². The van der Waals surface area contributed by atoms with Gasteiger partial charge in [-0.25, -0.2) is 0 Å². The molecule has 0 heterocycles. The molecule has 4 nitrogen and oxygen atoms in total. The van der Waals surface area contributed by atoms with E-state index in [-0.39, 0.29) is 6.42 Å². The lowest BCUT2D eigenvalue weighted by Gasteiger charge is -2.13. The van der Waals surface area contributed by atoms with Crippen LogP contribution in [0.15, 0.2) is 0 Å². The summed E-state index contributed by atoms with van der Waals surface area (Å²) in [7, 11) is 0. The second-order valence-corrected chi connectivity index (χ2v) is 6.84. The Balaban J connectivity index is 3.42. The minimum Gasteiger partial charge on any atom is -0.367 e. The van der Waals surface area contributed by atoms with Crippen LogP contribution >= 0.6 is 0 Å². The average molecular weight is 334 g/mol. The number of hydrogen-bond acceptors (Lipinski definition) is 3. The lowest BCUT2D eigenvalue weighted by molar-refractivity contribution is -0.122. The van der Waals surface area contributed by atoms with Gasteiger partial charge in [0.25, 0.3) is 5.91 Å². The number of rotatable bonds is 16. The van der Waals surface area contributed by atoms with Crippen molar-refractivity contribution in [3.8, 4) is 12.1 Å². The normalized spacial score (nSPS) is 11.0. The summed E-state index contributed by atoms with van der Waals surface area (Å²) in [4.78, 5) is 11.2. The van der Waals surface area contributed by atoms with E-state index in [1.54, 1.807) is 12.1 Å². The van der Waals surface area contributed by atoms with Gasteiger partial charge in [-0.05, 0) is 6.42 Å². The first-order chi connectivity index (χ1) is 11.6. The minimum absolute atomic E-state index is 0.257. The first kappa shape index (κ1) is 22.4. The Morgan fingerprint density at radius 2 is 1.08 bits per heavy atom. The van der Waals surface area contributed by atoms with E-state index in [0.29, 0.717) is 6.42 Å². The Morgan fingerprint density at radius 3 is 1.38 bits per heavy atom. The summed E-state index contributed by atoms with van der Waals surface area (Å²) >= 11 is 0. The summed E-state index contributed by atoms with van der Waals surface area (Å²) in [6, 6.07) is 3.55. The lowest BCUT2D eigenvalue weighted by atomic mass is 9.85. The highest BCUT2D eigenvalue weighted by Crippen LogP contribution is 2.23. The number of primary amides is 1. The van der Waals surface area contributed by atoms with Gasteiger partial charge in [0.1, 0.15) is 0 Å². The fraction of sp³-hybridized carbons (Fsp3) is 0.850. The van der Waals surface area contributed by atoms with Crippen LogP contribution in [0, 0.1) is 28.1 Å². The molecule has 0 aliphatic heterocycles. The molecule has 136 valence electrons. The zero-order chi connectivity index (χ0) is 18.1. The van der Waals surface area contributed by atoms with Crippen molar-refractivity contribution in [2.24, 2.45) is 11.1 Å². The van der Waals surface area contributed by atoms with Gasteiger partial charge in [-0.2, -0.15) is 10.5 Å². The number of nitrogens with zero attached hydrogens (tertiary/aromatic N) is 2. The molecule has 0 aromatic carbocycles. The quantitative estimate of drug-likeness (QED) is 0.384. The van der Waals surface area contributed by atoms with E-state index in [1.165, 1.54) is 70.6 Å². The largest absolute Gasteiger partial charge is 0.367 e. The van der Waals surface area contributed by atoms with Gasteiger partial charge in [-0.15, -0.1) is 0 Å². The van der Waals surface area contributed by atoms with Crippen molar-refractivity contribution in [3.63, 3.8) is 0 Å². The number of amides is 1. The van der Waals surface area contributed by atoms with E-state index in [0.717, 1.165) is 12.8 Å². The minimum atomic E-state index is -1.63. The van der Waals surface area contributed by atoms with Crippen LogP contribution in [0.2, 0.25) is 0 Å². The molecule has 0 radical (unpaired) electrons. The number of hydrogen-bond donors (Lipinski definition) is 1. The monoisotopic (exact) mass is 333 g/mol. The first-order valence-electron chi connectivity index (χ1n) is 9.75. The smallest absolute Gasteiger partial charge is 0.252 e. The molecule has 0 fully saturated rings. The number of nitrogens with two attached hydrogens (primary N) is 1. The van der Waals surface area contributed by atoms with Gasteiger partial charge in [-0.3, -0.25) is 4.79 Å². The van der Waals surface area contributed by atoms with Crippen LogP contribution in [0.5, 0.6) is 0 Å². The van der Waals surface area contributed by atoms with Crippen molar-refractivity contribution < 1.29 is 4.79 Å². The molecular weight excluding hydrogens is 298 g/mol. The molecule has 0 aliphatic rings. The van der Waals surface area contributed by atoms with E-state index in [1.807, 2.05) is 0 Å². The maximum atomic E-state index is 11.2. The third-order valence-corrected chi connectivity index (χ3v) is 4.71. The molecule has 0 aromatic rings. The summed E-state index contributed by atoms with van der Waals surface area (Å²) in [5.41, 5.74) is 3.54. The fourth-order valence-corrected chi connectivity index (χ4v) is 2.95. The van der Waals surface area contributed by atoms with Crippen LogP contribution in [0.4, 0.5) is 0 Å². The molecule has 0 unspecified atom stereocenters. The molecular formula is C20H35N3O. The Labute approximate surface area is 148 Å². The standard InChI is InChI=1S/C20H35N3O/c1-2-3-4-5-6-7-8-9-10-11-12-13-14-15-16-20(17-21,18-22)19(23)24/h2-16H2,1H3,(H2,23,24). The summed E-state index contributed by atoms with van der Waals surface area (Å²) in [5.74, 6) is -0.817. The molecule has 0 saturated carbocycles. The van der Waals surface area contributed by atoms with Gasteiger partial charge in [-0.1, -0.05) is 96.8 Å². The molecule has 0 saturated heterocycles. The maximum Gasteiger partial charge on any atom is 0.252 e. The Bertz CT molecular complexity index is 392. The molecule has 0 bridgehead atoms. The maximum absolute atomic E-state index is 11.2. The van der Waals surface area contributed by atoms with Crippen molar-refractivity contribution in [1.82, 2.24) is 0 Å². The van der Waals surface area contributed by atoms with E-state index >= 15 is 0 Å². The molecule has 0 rings (SSSR count). The number of carbonyl (C=O) groups is 1. The summed E-state index contributed by atoms with van der Waals surface area (Å²) in [5, 5.41) is 18.0. The molecule has 2 N–H and O–H groups in total. The van der Waals surface area contributed by atoms with Gasteiger partial charge >= 0.3 is 0 Å². The van der Waals surface area contributed by atoms with Crippen molar-refractivity contribution in [3.05, 3.63) is 0 Å². The molecule has 0 aliphatic carbocycles. The molecule has 0 atom stereocenters. The fourth-order valence-electron chi connectivity index (χ4n) is 2.95. The third-order valence-electron chi connectivity index (χ3n) is 4.71. The average Bonchev–Trinajstić information content (AvgIpc) is 2.58. The summed E-state index contributed by atoms with van der Waals surface area (Å²) in [6.07, 6.45) is 17.7. The highest BCUT2D eigenvalue weighted by atomic mass is 16.1. The second kappa shape index (κ2) is 15.0. The highest BCUT2D eigenvalue weighted by Gasteiger charge is 2.36. The molecule has 1 amide bonds. The van der Waals surface area contributed by atoms with Gasteiger partial charge in [0.15, 0.2) is 0 Å². The van der Waals surface area contributed by atoms with Crippen LogP contribution in [-0.2, 0) is 4.79 Å². The Hall–Kier alpha value is -1.55. The third kappa shape index (κ3) is 10.3. The van der Waals surface area contributed by atoms with Crippen molar-refractivity contribution in [1.29, 1.82) is 10.5 Å². The van der Waals surface area contributed by atoms with Crippen LogP contribution < -0.4 is 5.73 Å². The predicted molar refractivity (Wildman–Crippen MR) is 97.8 cm³/mol. The Kier molecular flexibility index (Phi) is 14.0. The van der Waals surface area contributed by atoms with E-state index in [4.69, 9.17) is 16.3 Å². The molecule has 0 aromatic heterocycles. The van der Waals surface area contributed by atoms with Crippen molar-refractivity contribution >= 4 is 5.91 Å². The number of nitriles is 2. The van der Waals surface area contributed by atoms with Gasteiger partial charge in [0.2, 0.25) is 5.41 Å². The molecule has 4 heteroatoms. The first-order valence-corrected chi connectivity index (χ1v) is 9.75. The van der Waals surface area contributed by atoms with E-state index in [2.05, 4.69) is 6.92 Å². The topological polar surface area (TPSA) is 90.7 Å². The summed E-state index contributed by atoms with van der Waals surface area (Å²) in [6.45, 7) is 2.25. The van der Waals surface area contributed by atoms with Gasteiger partial charge in [0, 0.05) is 0 Å². The number of unbranched alkanes of at least 4 members (excludes halogenated alkanes) is 13. The zero-order valence-corrected chi connectivity index (χ0v) is 15.5. The lowest BCUT2D eigenvalue weighted by Crippen LogP contribution is -2.34. The van der Waals surface area contributed by atoms with Crippen LogP contribution in [0.3, 0.4) is 0 Å². The SMILES string of the molecule is CCCCCCCCCCCCCCCCC(C#N)(C#N)C(N)=O. The zero-order valence-electron chi connectivity index (χ0n) is 15.5. The van der Waals surface area contributed by atoms with Gasteiger partial charge in [0.05, 0.1) is 12.1 Å². The van der Waals surface area contributed by atoms with Crippen molar-refractivity contribution in [2.45, 2.75) is 103 Å². The van der Waals surface area contributed by atoms with Crippen LogP contribution in [-0.4, -0.2) is 5.91 Å². The second-order valence-electron chi connectivity index (χ2n) is 6.84. The van der Waals surface area contributed by atoms with Crippen LogP contribution in [0.1, 0.15) is 103 Å². The molecule has 0 spiro atoms. The predicted octanol–water partition coefficient (Wildman–Crippen LogP) is 5.38. The van der Waals surface area contributed by atoms with E-state index < -0.39 is 11.3 Å². The van der Waals surface area contributed by atoms with Crippen LogP contribution in [0.25, 0.3) is 0 Å². The molecule has 24 heavy (non-hydrogen) atoms. The number of carbonyl (C=O) groups excluding carboxylic acids is 1.